The molecule has 0 atom stereocenters. The van der Waals surface area contributed by atoms with Crippen LogP contribution in [0.25, 0.3) is 0 Å². The Kier molecular flexibility index (Phi) is 0.762. The lowest BCUT2D eigenvalue weighted by atomic mass is 10.7. The summed E-state index contributed by atoms with van der Waals surface area (Å²) in [6.07, 6.45) is 7.96. The zero-order chi connectivity index (χ0) is 4.24. The highest BCUT2D eigenvalue weighted by Gasteiger charge is 1.84. The van der Waals surface area contributed by atoms with Crippen molar-refractivity contribution in [2.45, 2.75) is 0 Å². The van der Waals surface area contributed by atoms with E-state index in [4.69, 9.17) is 0 Å². The van der Waals surface area contributed by atoms with E-state index < -0.39 is 0 Å². The van der Waals surface area contributed by atoms with Gasteiger partial charge in [-0.2, -0.15) is 5.32 Å². The van der Waals surface area contributed by atoms with Crippen LogP contribution in [0.4, 0.5) is 0 Å². The van der Waals surface area contributed by atoms with Gasteiger partial charge in [-0.15, -0.1) is 0 Å². The van der Waals surface area contributed by atoms with E-state index in [2.05, 4.69) is 16.8 Å². The second-order valence-electron chi connectivity index (χ2n) is 0.933. The summed E-state index contributed by atoms with van der Waals surface area (Å²) >= 11 is 0. The van der Waals surface area contributed by atoms with Gasteiger partial charge in [-0.3, -0.25) is 0 Å². The largest absolute Gasteiger partial charge is 0.323 e. The van der Waals surface area contributed by atoms with Crippen LogP contribution in [-0.2, 0) is 0 Å². The topological polar surface area (TPSA) is 24.1 Å². The van der Waals surface area contributed by atoms with Gasteiger partial charge in [0.1, 0.15) is 6.20 Å². The maximum Gasteiger partial charge on any atom is 0.207 e. The minimum Gasteiger partial charge on any atom is -0.323 e. The van der Waals surface area contributed by atoms with Gasteiger partial charge < -0.3 is 5.32 Å². The average molecular weight is 81.1 g/mol. The molecule has 0 radical (unpaired) electrons. The molecule has 6 heavy (non-hydrogen) atoms. The van der Waals surface area contributed by atoms with Gasteiger partial charge in [0.15, 0.2) is 12.4 Å². The highest BCUT2D eigenvalue weighted by atomic mass is 14.9. The summed E-state index contributed by atoms with van der Waals surface area (Å²) in [5, 5.41) is 5.54. The molecule has 0 aromatic rings. The highest BCUT2D eigenvalue weighted by molar-refractivity contribution is 4.90. The van der Waals surface area contributed by atoms with E-state index in [1.807, 2.05) is 0 Å². The molecule has 0 spiro atoms. The summed E-state index contributed by atoms with van der Waals surface area (Å²) in [6, 6.07) is 0. The highest BCUT2D eigenvalue weighted by Crippen LogP contribution is 1.68. The molecule has 0 aromatic carbocycles. The molecule has 0 saturated heterocycles. The van der Waals surface area contributed by atoms with Crippen LogP contribution in [-0.4, -0.2) is 0 Å². The lowest BCUT2D eigenvalue weighted by molar-refractivity contribution is 1.01. The second kappa shape index (κ2) is 1.43. The first-order valence-electron chi connectivity index (χ1n) is 1.74. The van der Waals surface area contributed by atoms with Crippen molar-refractivity contribution in [3.63, 3.8) is 0 Å². The fraction of sp³-hybridized carbons (Fsp3) is 0. The molecular formula is C4H5N2+. The number of hydrogen-bond donors (Lipinski definition) is 2. The molecule has 0 aromatic heterocycles. The molecule has 0 aliphatic carbocycles. The van der Waals surface area contributed by atoms with Gasteiger partial charge in [0, 0.05) is 0 Å². The predicted molar refractivity (Wildman–Crippen MR) is 23.2 cm³/mol. The van der Waals surface area contributed by atoms with E-state index in [1.54, 1.807) is 18.6 Å². The second-order valence-corrected chi connectivity index (χ2v) is 0.933. The molecular weight excluding hydrogens is 76.1 g/mol. The normalized spacial score (nSPS) is 14.7. The summed E-state index contributed by atoms with van der Waals surface area (Å²) in [7, 11) is 0. The van der Waals surface area contributed by atoms with E-state index >= 15 is 0 Å². The van der Waals surface area contributed by atoms with Crippen molar-refractivity contribution in [1.82, 2.24) is 10.6 Å². The molecule has 2 nitrogen and oxygen atoms in total. The molecule has 0 bridgehead atoms. The summed E-state index contributed by atoms with van der Waals surface area (Å²) in [4.78, 5) is 0. The molecule has 1 aliphatic rings. The molecule has 30 valence electrons. The molecule has 2 N–H and O–H groups in total. The zero-order valence-electron chi connectivity index (χ0n) is 3.23. The summed E-state index contributed by atoms with van der Waals surface area (Å²) < 4.78 is 0. The standard InChI is InChI=1S/C4H5N2/c1-2-6-4-3-5-1/h1-3,5-6H/q+1. The van der Waals surface area contributed by atoms with Crippen LogP contribution >= 0.6 is 0 Å². The molecule has 0 fully saturated rings. The fourth-order valence-electron chi connectivity index (χ4n) is 0.269. The van der Waals surface area contributed by atoms with Crippen LogP contribution in [0.3, 0.4) is 0 Å². The SMILES string of the molecule is [C+]1=CNC=CN1. The Balaban J connectivity index is 2.40. The van der Waals surface area contributed by atoms with Crippen molar-refractivity contribution < 1.29 is 0 Å². The van der Waals surface area contributed by atoms with Crippen molar-refractivity contribution in [2.24, 2.45) is 0 Å². The monoisotopic (exact) mass is 81.0 g/mol. The average Bonchev–Trinajstić information content (AvgIpc) is 1.72. The Morgan fingerprint density at radius 1 is 1.33 bits per heavy atom. The Morgan fingerprint density at radius 2 is 2.33 bits per heavy atom. The van der Waals surface area contributed by atoms with E-state index in [-0.39, 0.29) is 0 Å². The number of nitrogens with one attached hydrogen (secondary N) is 2. The number of hydrogen-bond acceptors (Lipinski definition) is 2. The maximum atomic E-state index is 2.81. The van der Waals surface area contributed by atoms with Crippen LogP contribution in [0.2, 0.25) is 0 Å². The Bertz CT molecular complexity index is 63.5. The molecule has 0 unspecified atom stereocenters. The predicted octanol–water partition coefficient (Wildman–Crippen LogP) is -0.0752. The molecule has 1 heterocycles. The molecule has 0 saturated carbocycles. The van der Waals surface area contributed by atoms with Gasteiger partial charge in [0.2, 0.25) is 6.20 Å². The van der Waals surface area contributed by atoms with Crippen molar-refractivity contribution in [3.05, 3.63) is 24.8 Å². The van der Waals surface area contributed by atoms with Crippen molar-refractivity contribution in [2.75, 3.05) is 0 Å². The van der Waals surface area contributed by atoms with Crippen LogP contribution in [0.1, 0.15) is 0 Å². The molecule has 1 rings (SSSR count). The van der Waals surface area contributed by atoms with Crippen molar-refractivity contribution in [1.29, 1.82) is 0 Å². The van der Waals surface area contributed by atoms with E-state index in [0.717, 1.165) is 0 Å². The minimum absolute atomic E-state index is 1.69. The van der Waals surface area contributed by atoms with E-state index in [0.29, 0.717) is 0 Å². The van der Waals surface area contributed by atoms with Crippen molar-refractivity contribution in [3.8, 4) is 0 Å². The summed E-state index contributed by atoms with van der Waals surface area (Å²) in [6.45, 7) is 0. The third-order valence-corrected chi connectivity index (χ3v) is 0.502. The zero-order valence-corrected chi connectivity index (χ0v) is 3.23. The van der Waals surface area contributed by atoms with Crippen LogP contribution < -0.4 is 10.6 Å². The third-order valence-electron chi connectivity index (χ3n) is 0.502. The van der Waals surface area contributed by atoms with Gasteiger partial charge in [0.25, 0.3) is 0 Å². The lowest BCUT2D eigenvalue weighted by Gasteiger charge is -1.82. The lowest BCUT2D eigenvalue weighted by Crippen LogP contribution is -2.06. The van der Waals surface area contributed by atoms with Crippen LogP contribution in [0.15, 0.2) is 18.6 Å². The van der Waals surface area contributed by atoms with Gasteiger partial charge >= 0.3 is 0 Å². The first kappa shape index (κ1) is 3.19. The van der Waals surface area contributed by atoms with Gasteiger partial charge in [-0.25, -0.2) is 0 Å². The van der Waals surface area contributed by atoms with Crippen LogP contribution in [0.5, 0.6) is 0 Å². The van der Waals surface area contributed by atoms with Crippen LogP contribution in [0, 0.1) is 6.20 Å². The van der Waals surface area contributed by atoms with Crippen molar-refractivity contribution >= 4 is 0 Å². The Labute approximate surface area is 36.5 Å². The molecule has 0 amide bonds. The fourth-order valence-corrected chi connectivity index (χ4v) is 0.269. The van der Waals surface area contributed by atoms with E-state index in [9.17, 15) is 0 Å². The summed E-state index contributed by atoms with van der Waals surface area (Å²) in [5.41, 5.74) is 0. The minimum atomic E-state index is 1.69. The van der Waals surface area contributed by atoms with Gasteiger partial charge in [0.05, 0.1) is 0 Å². The Hall–Kier alpha value is -1.01. The maximum absolute atomic E-state index is 2.81. The first-order chi connectivity index (χ1) is 3.00. The quantitative estimate of drug-likeness (QED) is 0.399. The first-order valence-corrected chi connectivity index (χ1v) is 1.74. The molecule has 1 aliphatic heterocycles. The van der Waals surface area contributed by atoms with E-state index in [1.165, 1.54) is 0 Å². The van der Waals surface area contributed by atoms with Gasteiger partial charge in [-0.05, 0) is 0 Å². The summed E-state index contributed by atoms with van der Waals surface area (Å²) in [5.74, 6) is 0. The third kappa shape index (κ3) is 0.476. The van der Waals surface area contributed by atoms with Gasteiger partial charge in [-0.1, -0.05) is 0 Å². The smallest absolute Gasteiger partial charge is 0.207 e. The molecule has 2 heteroatoms. The Morgan fingerprint density at radius 3 is 2.50 bits per heavy atom. The number of rotatable bonds is 0.